The highest BCUT2D eigenvalue weighted by atomic mass is 35.5. The first-order valence-corrected chi connectivity index (χ1v) is 11.4. The molecule has 174 valence electrons. The Bertz CT molecular complexity index is 1190. The van der Waals surface area contributed by atoms with E-state index in [9.17, 15) is 9.59 Å². The number of ketones is 1. The first kappa shape index (κ1) is 23.2. The van der Waals surface area contributed by atoms with Crippen molar-refractivity contribution in [2.75, 3.05) is 13.7 Å². The predicted molar refractivity (Wildman–Crippen MR) is 126 cm³/mol. The standard InChI is InChI=1S/C26H28ClNO5/c1-6-32-25(30)22-14(2)28-17-12-26(3,4)13-18(29)23(17)24(22)21-10-9-19(33-21)15-7-8-20(31-5)16(27)11-15/h7-11,24,28H,6,12-13H2,1-5H3/t24-/m0/s1. The molecule has 2 aliphatic rings. The number of benzene rings is 1. The summed E-state index contributed by atoms with van der Waals surface area (Å²) in [4.78, 5) is 26.3. The van der Waals surface area contributed by atoms with Crippen LogP contribution < -0.4 is 10.1 Å². The van der Waals surface area contributed by atoms with Gasteiger partial charge in [0.1, 0.15) is 17.3 Å². The fourth-order valence-electron chi connectivity index (χ4n) is 4.68. The van der Waals surface area contributed by atoms with Gasteiger partial charge in [-0.15, -0.1) is 0 Å². The van der Waals surface area contributed by atoms with Crippen molar-refractivity contribution in [3.63, 3.8) is 0 Å². The van der Waals surface area contributed by atoms with Gasteiger partial charge in [-0.05, 0) is 56.0 Å². The third-order valence-corrected chi connectivity index (χ3v) is 6.38. The summed E-state index contributed by atoms with van der Waals surface area (Å²) in [5, 5.41) is 3.78. The molecule has 2 aromatic rings. The number of nitrogens with one attached hydrogen (secondary N) is 1. The highest BCUT2D eigenvalue weighted by molar-refractivity contribution is 6.32. The van der Waals surface area contributed by atoms with Gasteiger partial charge in [0.05, 0.1) is 30.2 Å². The number of dihydropyridines is 1. The van der Waals surface area contributed by atoms with Crippen LogP contribution >= 0.6 is 11.6 Å². The van der Waals surface area contributed by atoms with Crippen molar-refractivity contribution in [1.82, 2.24) is 5.32 Å². The summed E-state index contributed by atoms with van der Waals surface area (Å²) in [7, 11) is 1.56. The third kappa shape index (κ3) is 4.32. The van der Waals surface area contributed by atoms with Gasteiger partial charge < -0.3 is 19.2 Å². The number of furan rings is 1. The first-order chi connectivity index (χ1) is 15.6. The van der Waals surface area contributed by atoms with Crippen LogP contribution in [0.1, 0.15) is 52.2 Å². The molecule has 1 aromatic heterocycles. The Kier molecular flexibility index (Phi) is 6.14. The predicted octanol–water partition coefficient (Wildman–Crippen LogP) is 5.78. The molecule has 6 nitrogen and oxygen atoms in total. The molecule has 1 atom stereocenters. The largest absolute Gasteiger partial charge is 0.495 e. The van der Waals surface area contributed by atoms with Crippen LogP contribution in [-0.2, 0) is 14.3 Å². The number of rotatable bonds is 5. The molecule has 0 fully saturated rings. The van der Waals surface area contributed by atoms with E-state index in [1.165, 1.54) is 0 Å². The zero-order chi connectivity index (χ0) is 23.9. The molecule has 1 N–H and O–H groups in total. The van der Waals surface area contributed by atoms with Gasteiger partial charge in [-0.1, -0.05) is 25.4 Å². The third-order valence-electron chi connectivity index (χ3n) is 6.08. The maximum Gasteiger partial charge on any atom is 0.336 e. The van der Waals surface area contributed by atoms with Crippen molar-refractivity contribution in [1.29, 1.82) is 0 Å². The minimum atomic E-state index is -0.633. The monoisotopic (exact) mass is 469 g/mol. The molecule has 2 heterocycles. The van der Waals surface area contributed by atoms with E-state index in [-0.39, 0.29) is 17.8 Å². The molecule has 33 heavy (non-hydrogen) atoms. The maximum absolute atomic E-state index is 13.3. The van der Waals surface area contributed by atoms with Crippen molar-refractivity contribution in [2.24, 2.45) is 5.41 Å². The molecule has 7 heteroatoms. The zero-order valence-electron chi connectivity index (χ0n) is 19.5. The van der Waals surface area contributed by atoms with Crippen molar-refractivity contribution >= 4 is 23.4 Å². The van der Waals surface area contributed by atoms with E-state index in [4.69, 9.17) is 25.5 Å². The lowest BCUT2D eigenvalue weighted by atomic mass is 9.69. The summed E-state index contributed by atoms with van der Waals surface area (Å²) in [6.07, 6.45) is 1.11. The molecule has 0 amide bonds. The zero-order valence-corrected chi connectivity index (χ0v) is 20.3. The Balaban J connectivity index is 1.82. The number of hydrogen-bond donors (Lipinski definition) is 1. The number of methoxy groups -OCH3 is 1. The number of carbonyl (C=O) groups excluding carboxylic acids is 2. The molecule has 1 aliphatic carbocycles. The Hall–Kier alpha value is -2.99. The smallest absolute Gasteiger partial charge is 0.336 e. The number of ether oxygens (including phenoxy) is 2. The Morgan fingerprint density at radius 3 is 2.67 bits per heavy atom. The average Bonchev–Trinajstić information content (AvgIpc) is 3.21. The van der Waals surface area contributed by atoms with Crippen LogP contribution in [0.3, 0.4) is 0 Å². The van der Waals surface area contributed by atoms with Crippen LogP contribution in [0.2, 0.25) is 5.02 Å². The quantitative estimate of drug-likeness (QED) is 0.559. The van der Waals surface area contributed by atoms with Gasteiger partial charge >= 0.3 is 5.97 Å². The first-order valence-electron chi connectivity index (χ1n) is 11.0. The molecule has 0 saturated carbocycles. The summed E-state index contributed by atoms with van der Waals surface area (Å²) in [6.45, 7) is 7.98. The van der Waals surface area contributed by atoms with E-state index in [2.05, 4.69) is 19.2 Å². The maximum atomic E-state index is 13.3. The molecule has 4 rings (SSSR count). The second kappa shape index (κ2) is 8.75. The van der Waals surface area contributed by atoms with E-state index < -0.39 is 11.9 Å². The Morgan fingerprint density at radius 2 is 2.00 bits per heavy atom. The van der Waals surface area contributed by atoms with E-state index in [0.717, 1.165) is 11.3 Å². The second-order valence-corrected chi connectivity index (χ2v) is 9.61. The highest BCUT2D eigenvalue weighted by Crippen LogP contribution is 2.47. The van der Waals surface area contributed by atoms with Gasteiger partial charge in [-0.25, -0.2) is 4.79 Å². The van der Waals surface area contributed by atoms with Gasteiger partial charge in [0.15, 0.2) is 5.78 Å². The Morgan fingerprint density at radius 1 is 1.24 bits per heavy atom. The van der Waals surface area contributed by atoms with Gasteiger partial charge in [0.2, 0.25) is 0 Å². The van der Waals surface area contributed by atoms with E-state index in [1.54, 1.807) is 26.2 Å². The topological polar surface area (TPSA) is 77.8 Å². The van der Waals surface area contributed by atoms with Gasteiger partial charge in [-0.3, -0.25) is 4.79 Å². The molecule has 1 aliphatic heterocycles. The number of Topliss-reactive ketones (excluding diaryl/α,β-unsaturated/α-hetero) is 1. The minimum Gasteiger partial charge on any atom is -0.495 e. The summed E-state index contributed by atoms with van der Waals surface area (Å²) in [5.74, 6) is 0.590. The van der Waals surface area contributed by atoms with Crippen LogP contribution in [0.25, 0.3) is 11.3 Å². The lowest BCUT2D eigenvalue weighted by Crippen LogP contribution is -2.38. The Labute approximate surface area is 198 Å². The van der Waals surface area contributed by atoms with Gasteiger partial charge in [0.25, 0.3) is 0 Å². The lowest BCUT2D eigenvalue weighted by Gasteiger charge is -2.38. The summed E-state index contributed by atoms with van der Waals surface area (Å²) < 4.78 is 16.8. The molecule has 0 radical (unpaired) electrons. The van der Waals surface area contributed by atoms with Crippen LogP contribution in [0.4, 0.5) is 0 Å². The molecule has 0 bridgehead atoms. The van der Waals surface area contributed by atoms with E-state index >= 15 is 0 Å². The summed E-state index contributed by atoms with van der Waals surface area (Å²) in [5.41, 5.74) is 3.10. The van der Waals surface area contributed by atoms with Gasteiger partial charge in [-0.2, -0.15) is 0 Å². The fraction of sp³-hybridized carbons (Fsp3) is 0.385. The van der Waals surface area contributed by atoms with Crippen LogP contribution in [0.15, 0.2) is 57.3 Å². The molecule has 0 spiro atoms. The summed E-state index contributed by atoms with van der Waals surface area (Å²) >= 11 is 6.29. The molecular weight excluding hydrogens is 442 g/mol. The normalized spacial score (nSPS) is 19.8. The molecule has 1 aromatic carbocycles. The van der Waals surface area contributed by atoms with Crippen molar-refractivity contribution in [3.05, 3.63) is 63.7 Å². The van der Waals surface area contributed by atoms with Gasteiger partial charge in [0, 0.05) is 29.0 Å². The number of allylic oxidation sites excluding steroid dienone is 3. The highest BCUT2D eigenvalue weighted by Gasteiger charge is 2.44. The van der Waals surface area contributed by atoms with Crippen molar-refractivity contribution in [2.45, 2.75) is 46.5 Å². The fourth-order valence-corrected chi connectivity index (χ4v) is 4.94. The summed E-state index contributed by atoms with van der Waals surface area (Å²) in [6, 6.07) is 9.02. The van der Waals surface area contributed by atoms with Crippen LogP contribution in [-0.4, -0.2) is 25.5 Å². The van der Waals surface area contributed by atoms with Crippen LogP contribution in [0.5, 0.6) is 5.75 Å². The number of esters is 1. The van der Waals surface area contributed by atoms with E-state index in [0.29, 0.717) is 52.0 Å². The molecule has 0 unspecified atom stereocenters. The van der Waals surface area contributed by atoms with E-state index in [1.807, 2.05) is 25.1 Å². The number of carbonyl (C=O) groups is 2. The second-order valence-electron chi connectivity index (χ2n) is 9.20. The van der Waals surface area contributed by atoms with Crippen molar-refractivity contribution in [3.8, 4) is 17.1 Å². The average molecular weight is 470 g/mol. The number of hydrogen-bond acceptors (Lipinski definition) is 6. The SMILES string of the molecule is CCOC(=O)C1=C(C)NC2=C(C(=O)CC(C)(C)C2)[C@H]1c1ccc(-c2ccc(OC)c(Cl)c2)o1. The molecular formula is C26H28ClNO5. The van der Waals surface area contributed by atoms with Crippen molar-refractivity contribution < 1.29 is 23.5 Å². The number of halogens is 1. The minimum absolute atomic E-state index is 0.0125. The van der Waals surface area contributed by atoms with Crippen LogP contribution in [0, 0.1) is 5.41 Å². The molecule has 0 saturated heterocycles. The lowest BCUT2D eigenvalue weighted by molar-refractivity contribution is -0.138.